The predicted molar refractivity (Wildman–Crippen MR) is 126 cm³/mol. The van der Waals surface area contributed by atoms with Crippen molar-refractivity contribution in [2.24, 2.45) is 4.99 Å². The van der Waals surface area contributed by atoms with Gasteiger partial charge in [0.05, 0.1) is 23.1 Å². The molecule has 2 amide bonds. The van der Waals surface area contributed by atoms with Crippen molar-refractivity contribution < 1.29 is 18.0 Å². The van der Waals surface area contributed by atoms with Gasteiger partial charge in [-0.25, -0.2) is 8.42 Å². The quantitative estimate of drug-likeness (QED) is 0.660. The number of anilines is 1. The van der Waals surface area contributed by atoms with Crippen molar-refractivity contribution >= 4 is 33.6 Å². The summed E-state index contributed by atoms with van der Waals surface area (Å²) >= 11 is 0. The van der Waals surface area contributed by atoms with Gasteiger partial charge >= 0.3 is 0 Å². The van der Waals surface area contributed by atoms with Gasteiger partial charge in [-0.15, -0.1) is 0 Å². The molecule has 0 fully saturated rings. The first-order valence-electron chi connectivity index (χ1n) is 10.9. The zero-order valence-corrected chi connectivity index (χ0v) is 19.3. The number of amides is 2. The molecule has 0 aromatic heterocycles. The summed E-state index contributed by atoms with van der Waals surface area (Å²) in [5, 5.41) is 2.82. The highest BCUT2D eigenvalue weighted by Gasteiger charge is 2.23. The lowest BCUT2D eigenvalue weighted by Gasteiger charge is -2.30. The number of rotatable bonds is 8. The Kier molecular flexibility index (Phi) is 7.80. The maximum absolute atomic E-state index is 12.9. The van der Waals surface area contributed by atoms with Gasteiger partial charge in [-0.3, -0.25) is 14.6 Å². The highest BCUT2D eigenvalue weighted by atomic mass is 32.2. The second kappa shape index (κ2) is 10.5. The second-order valence-corrected chi connectivity index (χ2v) is 9.98. The molecule has 0 bridgehead atoms. The summed E-state index contributed by atoms with van der Waals surface area (Å²) in [5.74, 6) is -0.232. The molecule has 8 heteroatoms. The Labute approximate surface area is 189 Å². The topological polar surface area (TPSA) is 95.9 Å². The van der Waals surface area contributed by atoms with Crippen molar-refractivity contribution in [3.8, 4) is 0 Å². The largest absolute Gasteiger partial charge is 0.331 e. The number of carbonyl (C=O) groups is 2. The monoisotopic (exact) mass is 455 g/mol. The molecule has 1 aliphatic rings. The van der Waals surface area contributed by atoms with Crippen LogP contribution in [0.1, 0.15) is 42.6 Å². The molecule has 0 spiro atoms. The molecule has 2 aromatic rings. The third-order valence-corrected chi connectivity index (χ3v) is 7.26. The summed E-state index contributed by atoms with van der Waals surface area (Å²) in [4.78, 5) is 31.7. The predicted octanol–water partition coefficient (Wildman–Crippen LogP) is 3.36. The van der Waals surface area contributed by atoms with E-state index < -0.39 is 9.84 Å². The molecule has 0 saturated carbocycles. The molecule has 3 rings (SSSR count). The lowest BCUT2D eigenvalue weighted by atomic mass is 10.1. The van der Waals surface area contributed by atoms with Gasteiger partial charge < -0.3 is 10.2 Å². The number of nitrogens with one attached hydrogen (secondary N) is 1. The fraction of sp³-hybridized carbons (Fsp3) is 0.375. The molecule has 32 heavy (non-hydrogen) atoms. The van der Waals surface area contributed by atoms with Crippen LogP contribution >= 0.6 is 0 Å². The Bertz CT molecular complexity index is 1080. The van der Waals surface area contributed by atoms with Crippen molar-refractivity contribution in [2.75, 3.05) is 24.2 Å². The van der Waals surface area contributed by atoms with Crippen molar-refractivity contribution in [3.63, 3.8) is 0 Å². The molecule has 2 aromatic carbocycles. The highest BCUT2D eigenvalue weighted by Crippen LogP contribution is 2.17. The van der Waals surface area contributed by atoms with E-state index in [1.165, 1.54) is 12.1 Å². The number of aliphatic imine (C=N–C) groups is 1. The number of nitrogens with zero attached hydrogens (tertiary/aromatic N) is 2. The first-order valence-corrected chi connectivity index (χ1v) is 12.5. The average molecular weight is 456 g/mol. The average Bonchev–Trinajstić information content (AvgIpc) is 2.81. The Morgan fingerprint density at radius 2 is 1.75 bits per heavy atom. The first kappa shape index (κ1) is 23.7. The van der Waals surface area contributed by atoms with Crippen LogP contribution in [-0.2, 0) is 21.1 Å². The highest BCUT2D eigenvalue weighted by molar-refractivity contribution is 7.91. The van der Waals surface area contributed by atoms with Gasteiger partial charge in [0, 0.05) is 30.6 Å². The number of benzene rings is 2. The molecule has 1 N–H and O–H groups in total. The van der Waals surface area contributed by atoms with Gasteiger partial charge in [-0.2, -0.15) is 0 Å². The van der Waals surface area contributed by atoms with Gasteiger partial charge in [0.15, 0.2) is 9.84 Å². The lowest BCUT2D eigenvalue weighted by Crippen LogP contribution is -2.42. The molecular weight excluding hydrogens is 426 g/mol. The van der Waals surface area contributed by atoms with Crippen LogP contribution in [-0.4, -0.2) is 56.2 Å². The Morgan fingerprint density at radius 3 is 2.31 bits per heavy atom. The Balaban J connectivity index is 1.60. The van der Waals surface area contributed by atoms with Crippen LogP contribution in [0, 0.1) is 0 Å². The molecule has 0 saturated heterocycles. The summed E-state index contributed by atoms with van der Waals surface area (Å²) in [6.45, 7) is 4.98. The molecule has 1 heterocycles. The lowest BCUT2D eigenvalue weighted by molar-refractivity contribution is -0.115. The molecule has 170 valence electrons. The van der Waals surface area contributed by atoms with Crippen LogP contribution in [0.25, 0.3) is 0 Å². The normalized spacial score (nSPS) is 15.9. The van der Waals surface area contributed by atoms with E-state index >= 15 is 0 Å². The zero-order chi connectivity index (χ0) is 23.1. The van der Waals surface area contributed by atoms with Crippen LogP contribution in [0.2, 0.25) is 0 Å². The molecule has 0 radical (unpaired) electrons. The van der Waals surface area contributed by atoms with E-state index in [1.807, 2.05) is 18.0 Å². The number of sulfone groups is 1. The Morgan fingerprint density at radius 1 is 1.06 bits per heavy atom. The van der Waals surface area contributed by atoms with Crippen LogP contribution in [0.3, 0.4) is 0 Å². The summed E-state index contributed by atoms with van der Waals surface area (Å²) in [6, 6.07) is 13.2. The fourth-order valence-electron chi connectivity index (χ4n) is 3.66. The second-order valence-electron chi connectivity index (χ2n) is 7.71. The summed E-state index contributed by atoms with van der Waals surface area (Å²) in [7, 11) is -3.26. The van der Waals surface area contributed by atoms with Gasteiger partial charge in [0.25, 0.3) is 5.91 Å². The molecule has 0 aliphatic carbocycles. The third-order valence-electron chi connectivity index (χ3n) is 5.51. The van der Waals surface area contributed by atoms with E-state index in [0.717, 1.165) is 24.9 Å². The van der Waals surface area contributed by atoms with Crippen LogP contribution < -0.4 is 5.32 Å². The molecular formula is C24H29N3O4S. The number of hydrogen-bond acceptors (Lipinski definition) is 5. The van der Waals surface area contributed by atoms with Crippen molar-refractivity contribution in [1.29, 1.82) is 0 Å². The minimum absolute atomic E-state index is 0.0272. The van der Waals surface area contributed by atoms with E-state index in [9.17, 15) is 18.0 Å². The maximum Gasteiger partial charge on any atom is 0.254 e. The van der Waals surface area contributed by atoms with Crippen molar-refractivity contribution in [2.45, 2.75) is 44.0 Å². The Hall–Kier alpha value is -3.00. The van der Waals surface area contributed by atoms with Crippen molar-refractivity contribution in [3.05, 3.63) is 59.7 Å². The van der Waals surface area contributed by atoms with Crippen LogP contribution in [0.4, 0.5) is 5.69 Å². The fourth-order valence-corrected chi connectivity index (χ4v) is 4.55. The van der Waals surface area contributed by atoms with E-state index in [1.54, 1.807) is 43.3 Å². The zero-order valence-electron chi connectivity index (χ0n) is 18.5. The molecule has 1 aliphatic heterocycles. The number of hydrogen-bond donors (Lipinski definition) is 1. The number of carbonyl (C=O) groups excluding carboxylic acids is 2. The SMILES string of the molecule is CCN(C(=O)c1ccc(NC(=O)Cc2ccc(S(=O)(=O)CC)cc2)cc1)C1C=NCCC1. The summed E-state index contributed by atoms with van der Waals surface area (Å²) < 4.78 is 23.8. The first-order chi connectivity index (χ1) is 15.3. The van der Waals surface area contributed by atoms with Gasteiger partial charge in [0.2, 0.25) is 5.91 Å². The van der Waals surface area contributed by atoms with Gasteiger partial charge in [0.1, 0.15) is 0 Å². The smallest absolute Gasteiger partial charge is 0.254 e. The molecule has 1 atom stereocenters. The van der Waals surface area contributed by atoms with Gasteiger partial charge in [-0.05, 0) is 61.7 Å². The van der Waals surface area contributed by atoms with Gasteiger partial charge in [-0.1, -0.05) is 19.1 Å². The molecule has 7 nitrogen and oxygen atoms in total. The van der Waals surface area contributed by atoms with E-state index in [-0.39, 0.29) is 34.9 Å². The van der Waals surface area contributed by atoms with E-state index in [4.69, 9.17) is 0 Å². The van der Waals surface area contributed by atoms with Crippen LogP contribution in [0.5, 0.6) is 0 Å². The molecule has 1 unspecified atom stereocenters. The minimum atomic E-state index is -3.26. The maximum atomic E-state index is 12.9. The van der Waals surface area contributed by atoms with Crippen molar-refractivity contribution in [1.82, 2.24) is 4.90 Å². The van der Waals surface area contributed by atoms with E-state index in [2.05, 4.69) is 10.3 Å². The summed E-state index contributed by atoms with van der Waals surface area (Å²) in [5.41, 5.74) is 1.88. The van der Waals surface area contributed by atoms with E-state index in [0.29, 0.717) is 17.8 Å². The minimum Gasteiger partial charge on any atom is -0.331 e. The summed E-state index contributed by atoms with van der Waals surface area (Å²) in [6.07, 6.45) is 3.89. The third kappa shape index (κ3) is 5.82. The standard InChI is InChI=1S/C24H29N3O4S/c1-3-27(21-6-5-15-25-17-21)24(29)19-9-11-20(12-10-19)26-23(28)16-18-7-13-22(14-8-18)32(30,31)4-2/h7-14,17,21H,3-6,15-16H2,1-2H3,(H,26,28). The van der Waals surface area contributed by atoms with Crippen LogP contribution in [0.15, 0.2) is 58.4 Å².